The van der Waals surface area contributed by atoms with Gasteiger partial charge in [-0.25, -0.2) is 31.6 Å². The second kappa shape index (κ2) is 9.80. The third kappa shape index (κ3) is 5.74. The minimum Gasteiger partial charge on any atom is -0.462 e. The number of carbonyl (C=O) groups is 1. The summed E-state index contributed by atoms with van der Waals surface area (Å²) in [7, 11) is 0. The van der Waals surface area contributed by atoms with Crippen LogP contribution in [0.5, 0.6) is 5.75 Å². The van der Waals surface area contributed by atoms with E-state index in [0.717, 1.165) is 0 Å². The zero-order valence-electron chi connectivity index (χ0n) is 15.9. The lowest BCUT2D eigenvalue weighted by molar-refractivity contribution is -0.148. The normalized spacial score (nSPS) is 14.3. The molecule has 0 bridgehead atoms. The molecule has 0 amide bonds. The molecule has 0 spiro atoms. The summed E-state index contributed by atoms with van der Waals surface area (Å²) in [6.07, 6.45) is -0.515. The van der Waals surface area contributed by atoms with E-state index in [9.17, 15) is 31.3 Å². The summed E-state index contributed by atoms with van der Waals surface area (Å²) in [6, 6.07) is 6.01. The molecule has 0 aliphatic heterocycles. The molecule has 30 heavy (non-hydrogen) atoms. The fourth-order valence-electron chi connectivity index (χ4n) is 2.10. The van der Waals surface area contributed by atoms with Crippen molar-refractivity contribution in [2.24, 2.45) is 0 Å². The van der Waals surface area contributed by atoms with Crippen LogP contribution in [0, 0.1) is 29.1 Å². The Bertz CT molecular complexity index is 948. The van der Waals surface area contributed by atoms with Crippen LogP contribution in [0.2, 0.25) is 0 Å². The maximum atomic E-state index is 14.1. The van der Waals surface area contributed by atoms with Crippen LogP contribution in [0.3, 0.4) is 0 Å². The first-order valence-corrected chi connectivity index (χ1v) is 11.5. The van der Waals surface area contributed by atoms with E-state index >= 15 is 0 Å². The maximum Gasteiger partial charge on any atom is 0.379 e. The predicted octanol–water partition coefficient (Wildman–Crippen LogP) is 5.59. The average Bonchev–Trinajstić information content (AvgIpc) is 2.68. The number of nitrogens with one attached hydrogen (secondary N) is 1. The Hall–Kier alpha value is -2.10. The quantitative estimate of drug-likeness (QED) is 0.179. The van der Waals surface area contributed by atoms with E-state index in [-0.39, 0.29) is 17.1 Å². The minimum absolute atomic E-state index is 0.0332. The van der Waals surface area contributed by atoms with Crippen LogP contribution in [0.25, 0.3) is 0 Å². The number of ether oxygens (including phenoxy) is 1. The smallest absolute Gasteiger partial charge is 0.379 e. The molecule has 2 rings (SSSR count). The van der Waals surface area contributed by atoms with Crippen molar-refractivity contribution < 1.29 is 40.6 Å². The number of carbonyl (C=O) groups excluding carboxylic acids is 1. The van der Waals surface area contributed by atoms with E-state index in [2.05, 4.69) is 5.09 Å². The Labute approximate surface area is 173 Å². The minimum atomic E-state index is -4.50. The van der Waals surface area contributed by atoms with Crippen molar-refractivity contribution in [2.75, 3.05) is 0 Å². The molecule has 2 aromatic rings. The molecule has 12 heteroatoms. The lowest BCUT2D eigenvalue weighted by atomic mass is 10.3. The van der Waals surface area contributed by atoms with Gasteiger partial charge < -0.3 is 9.26 Å². The van der Waals surface area contributed by atoms with E-state index in [0.29, 0.717) is 0 Å². The zero-order valence-corrected chi connectivity index (χ0v) is 17.6. The zero-order chi connectivity index (χ0) is 22.6. The second-order valence-electron chi connectivity index (χ2n) is 6.23. The highest BCUT2D eigenvalue weighted by atomic mass is 32.7. The van der Waals surface area contributed by atoms with Gasteiger partial charge in [0.25, 0.3) is 0 Å². The van der Waals surface area contributed by atoms with Gasteiger partial charge in [0.1, 0.15) is 11.8 Å². The molecule has 0 unspecified atom stereocenters. The largest absolute Gasteiger partial charge is 0.462 e. The molecule has 5 nitrogen and oxygen atoms in total. The van der Waals surface area contributed by atoms with Crippen LogP contribution in [-0.2, 0) is 14.1 Å². The van der Waals surface area contributed by atoms with Crippen LogP contribution >= 0.6 is 18.1 Å². The van der Waals surface area contributed by atoms with Crippen LogP contribution in [0.15, 0.2) is 35.2 Å². The molecule has 0 aliphatic carbocycles. The Kier molecular flexibility index (Phi) is 7.90. The van der Waals surface area contributed by atoms with E-state index < -0.39 is 58.8 Å². The van der Waals surface area contributed by atoms with Gasteiger partial charge in [0, 0.05) is 11.4 Å². The summed E-state index contributed by atoms with van der Waals surface area (Å²) in [5, 5.41) is 2.25. The number of para-hydroxylation sites is 1. The molecule has 0 heterocycles. The van der Waals surface area contributed by atoms with Crippen LogP contribution in [0.4, 0.5) is 22.0 Å². The molecular formula is C18H17F5NO4PS. The summed E-state index contributed by atoms with van der Waals surface area (Å²) in [5.41, 5.74) is 0. The Morgan fingerprint density at radius 2 is 1.43 bits per heavy atom. The highest BCUT2D eigenvalue weighted by Crippen LogP contribution is 2.60. The van der Waals surface area contributed by atoms with Gasteiger partial charge in [0.15, 0.2) is 23.3 Å². The number of hydrogen-bond acceptors (Lipinski definition) is 5. The molecule has 0 saturated carbocycles. The second-order valence-corrected chi connectivity index (χ2v) is 10.2. The van der Waals surface area contributed by atoms with Crippen LogP contribution < -0.4 is 9.61 Å². The first-order chi connectivity index (χ1) is 13.9. The van der Waals surface area contributed by atoms with E-state index in [1.807, 2.05) is 0 Å². The fraction of sp³-hybridized carbons (Fsp3) is 0.278. The molecular weight excluding hydrogens is 452 g/mol. The van der Waals surface area contributed by atoms with Crippen molar-refractivity contribution in [3.8, 4) is 5.75 Å². The lowest BCUT2D eigenvalue weighted by Crippen LogP contribution is -2.35. The molecule has 2 atom stereocenters. The first kappa shape index (κ1) is 24.2. The van der Waals surface area contributed by atoms with Gasteiger partial charge in [0.2, 0.25) is 5.82 Å². The van der Waals surface area contributed by atoms with Gasteiger partial charge in [-0.15, -0.1) is 0 Å². The highest BCUT2D eigenvalue weighted by molar-refractivity contribution is 8.56. The standard InChI is InChI=1S/C18H17F5NO4PS/c1-9(2)27-18(25)10(3)24-29(26,28-11-7-5-4-6-8-11)30-17-15(22)13(20)12(19)14(21)16(17)23/h4-10H,1-3H3,(H,24,26)/t10-,29-/m0/s1. The van der Waals surface area contributed by atoms with Gasteiger partial charge in [-0.05, 0) is 32.9 Å². The summed E-state index contributed by atoms with van der Waals surface area (Å²) in [4.78, 5) is 10.6. The van der Waals surface area contributed by atoms with Crippen molar-refractivity contribution in [1.29, 1.82) is 0 Å². The molecule has 0 radical (unpaired) electrons. The SMILES string of the molecule is CC(C)OC(=O)[C@H](C)N[P@](=O)(Oc1ccccc1)Sc1c(F)c(F)c(F)c(F)c1F. The molecule has 164 valence electrons. The summed E-state index contributed by atoms with van der Waals surface area (Å²) >= 11 is -0.241. The molecule has 0 aliphatic rings. The third-order valence-corrected chi connectivity index (χ3v) is 7.15. The first-order valence-electron chi connectivity index (χ1n) is 8.49. The molecule has 2 aromatic carbocycles. The summed E-state index contributed by atoms with van der Waals surface area (Å²) in [6.45, 7) is -0.127. The van der Waals surface area contributed by atoms with Gasteiger partial charge in [-0.3, -0.25) is 4.79 Å². The van der Waals surface area contributed by atoms with E-state index in [1.54, 1.807) is 19.9 Å². The number of hydrogen-bond donors (Lipinski definition) is 1. The van der Waals surface area contributed by atoms with Gasteiger partial charge >= 0.3 is 12.7 Å². The number of rotatable bonds is 8. The molecule has 1 N–H and O–H groups in total. The number of halogens is 5. The Balaban J connectivity index is 2.45. The van der Waals surface area contributed by atoms with Crippen molar-refractivity contribution in [3.05, 3.63) is 59.4 Å². The van der Waals surface area contributed by atoms with Crippen molar-refractivity contribution in [3.63, 3.8) is 0 Å². The summed E-state index contributed by atoms with van der Waals surface area (Å²) in [5.74, 6) is -12.0. The lowest BCUT2D eigenvalue weighted by Gasteiger charge is -2.23. The van der Waals surface area contributed by atoms with Crippen molar-refractivity contribution >= 4 is 24.1 Å². The summed E-state index contributed by atoms with van der Waals surface area (Å²) < 4.78 is 92.1. The average molecular weight is 469 g/mol. The number of benzene rings is 2. The van der Waals surface area contributed by atoms with E-state index in [4.69, 9.17) is 9.26 Å². The number of esters is 1. The molecule has 0 saturated heterocycles. The van der Waals surface area contributed by atoms with Crippen molar-refractivity contribution in [1.82, 2.24) is 5.09 Å². The molecule has 0 aromatic heterocycles. The third-order valence-electron chi connectivity index (χ3n) is 3.41. The van der Waals surface area contributed by atoms with Crippen LogP contribution in [-0.4, -0.2) is 18.1 Å². The van der Waals surface area contributed by atoms with Gasteiger partial charge in [-0.2, -0.15) is 0 Å². The van der Waals surface area contributed by atoms with Crippen molar-refractivity contribution in [2.45, 2.75) is 37.8 Å². The Morgan fingerprint density at radius 1 is 0.933 bits per heavy atom. The Morgan fingerprint density at radius 3 is 1.93 bits per heavy atom. The molecule has 0 fully saturated rings. The monoisotopic (exact) mass is 469 g/mol. The topological polar surface area (TPSA) is 64.6 Å². The highest BCUT2D eigenvalue weighted by Gasteiger charge is 2.37. The van der Waals surface area contributed by atoms with Gasteiger partial charge in [0.05, 0.1) is 11.0 Å². The maximum absolute atomic E-state index is 14.1. The van der Waals surface area contributed by atoms with E-state index in [1.165, 1.54) is 31.2 Å². The van der Waals surface area contributed by atoms with Gasteiger partial charge in [-0.1, -0.05) is 18.2 Å². The fourth-order valence-corrected chi connectivity index (χ4v) is 6.01. The predicted molar refractivity (Wildman–Crippen MR) is 101 cm³/mol. The van der Waals surface area contributed by atoms with Crippen LogP contribution in [0.1, 0.15) is 20.8 Å².